The number of hydrogen-bond acceptors (Lipinski definition) is 4. The minimum Gasteiger partial charge on any atom is -0.317 e. The molecule has 1 fully saturated rings. The Hall–Kier alpha value is -1.35. The Morgan fingerprint density at radius 1 is 1.16 bits per heavy atom. The van der Waals surface area contributed by atoms with Gasteiger partial charge in [-0.2, -0.15) is 0 Å². The molecule has 1 aliphatic heterocycles. The summed E-state index contributed by atoms with van der Waals surface area (Å²) in [6.07, 6.45) is 1.89. The van der Waals surface area contributed by atoms with Crippen LogP contribution in [0.4, 0.5) is 0 Å². The van der Waals surface area contributed by atoms with Crippen LogP contribution in [-0.2, 0) is 24.1 Å². The number of aryl methyl sites for hydroxylation is 2. The van der Waals surface area contributed by atoms with E-state index >= 15 is 0 Å². The second-order valence-electron chi connectivity index (χ2n) is 6.94. The van der Waals surface area contributed by atoms with E-state index in [-0.39, 0.29) is 28.4 Å². The second-order valence-corrected chi connectivity index (χ2v) is 8.70. The lowest BCUT2D eigenvalue weighted by molar-refractivity contribution is 0.232. The average Bonchev–Trinajstić information content (AvgIpc) is 2.78. The van der Waals surface area contributed by atoms with E-state index in [1.165, 1.54) is 9.13 Å². The number of fused-ring (bicyclic) bond motifs is 1. The van der Waals surface area contributed by atoms with Gasteiger partial charge in [0.05, 0.1) is 15.9 Å². The van der Waals surface area contributed by atoms with E-state index in [9.17, 15) is 13.2 Å². The molecule has 1 aromatic heterocycles. The maximum absolute atomic E-state index is 12.6. The molecule has 0 spiro atoms. The summed E-state index contributed by atoms with van der Waals surface area (Å²) in [4.78, 5) is 12.2. The zero-order chi connectivity index (χ0) is 17.5. The van der Waals surface area contributed by atoms with Gasteiger partial charge in [-0.25, -0.2) is 17.9 Å². The van der Waals surface area contributed by atoms with Gasteiger partial charge in [-0.3, -0.25) is 9.13 Å². The number of piperidine rings is 1. The van der Waals surface area contributed by atoms with Crippen molar-refractivity contribution < 1.29 is 8.42 Å². The highest BCUT2D eigenvalue weighted by Crippen LogP contribution is 2.27. The number of sulfonamides is 1. The Balaban J connectivity index is 0.00000225. The van der Waals surface area contributed by atoms with Gasteiger partial charge in [-0.1, -0.05) is 6.92 Å². The summed E-state index contributed by atoms with van der Waals surface area (Å²) >= 11 is 0. The van der Waals surface area contributed by atoms with Crippen molar-refractivity contribution >= 4 is 33.5 Å². The predicted molar refractivity (Wildman–Crippen MR) is 101 cm³/mol. The third-order valence-electron chi connectivity index (χ3n) is 5.05. The highest BCUT2D eigenvalue weighted by Gasteiger charge is 2.29. The van der Waals surface area contributed by atoms with Crippen LogP contribution in [-0.4, -0.2) is 37.2 Å². The number of rotatable bonds is 4. The molecule has 0 amide bonds. The first-order valence-corrected chi connectivity index (χ1v) is 9.58. The van der Waals surface area contributed by atoms with E-state index in [1.54, 1.807) is 32.3 Å². The topological polar surface area (TPSA) is 85.1 Å². The standard InChI is InChI=1S/C16H24N4O3S.ClH/c1-16(6-8-17-9-7-16)11-18-24(22,23)12-4-5-13-14(10-12)20(3)15(21)19(13)2;/h4-5,10,17-18H,6-9,11H2,1-3H3;1H. The van der Waals surface area contributed by atoms with E-state index in [1.807, 2.05) is 0 Å². The molecule has 0 aliphatic carbocycles. The van der Waals surface area contributed by atoms with Crippen molar-refractivity contribution in [1.29, 1.82) is 0 Å². The lowest BCUT2D eigenvalue weighted by Crippen LogP contribution is -2.42. The summed E-state index contributed by atoms with van der Waals surface area (Å²) in [7, 11) is -0.286. The van der Waals surface area contributed by atoms with E-state index in [0.717, 1.165) is 25.9 Å². The molecule has 0 radical (unpaired) electrons. The van der Waals surface area contributed by atoms with Crippen LogP contribution < -0.4 is 15.7 Å². The van der Waals surface area contributed by atoms with Crippen molar-refractivity contribution in [2.75, 3.05) is 19.6 Å². The molecular formula is C16H25ClN4O3S. The molecule has 9 heteroatoms. The van der Waals surface area contributed by atoms with Crippen LogP contribution in [0.1, 0.15) is 19.8 Å². The SMILES string of the molecule is Cl.Cn1c(=O)n(C)c2cc(S(=O)(=O)NCC3(C)CCNCC3)ccc21. The van der Waals surface area contributed by atoms with Crippen molar-refractivity contribution in [3.05, 3.63) is 28.7 Å². The highest BCUT2D eigenvalue weighted by molar-refractivity contribution is 7.89. The largest absolute Gasteiger partial charge is 0.328 e. The number of imidazole rings is 1. The summed E-state index contributed by atoms with van der Waals surface area (Å²) < 4.78 is 31.0. The van der Waals surface area contributed by atoms with Crippen LogP contribution in [0.15, 0.2) is 27.9 Å². The molecule has 1 aromatic carbocycles. The molecule has 1 saturated heterocycles. The predicted octanol–water partition coefficient (Wildman–Crippen LogP) is 0.967. The fourth-order valence-corrected chi connectivity index (χ4v) is 4.43. The number of aromatic nitrogens is 2. The third-order valence-corrected chi connectivity index (χ3v) is 6.45. The maximum atomic E-state index is 12.6. The minimum atomic E-state index is -3.60. The first-order valence-electron chi connectivity index (χ1n) is 8.09. The van der Waals surface area contributed by atoms with Crippen LogP contribution in [0, 0.1) is 5.41 Å². The zero-order valence-electron chi connectivity index (χ0n) is 14.7. The van der Waals surface area contributed by atoms with Gasteiger partial charge in [-0.15, -0.1) is 12.4 Å². The van der Waals surface area contributed by atoms with Crippen LogP contribution in [0.5, 0.6) is 0 Å². The molecule has 7 nitrogen and oxygen atoms in total. The highest BCUT2D eigenvalue weighted by atomic mass is 35.5. The molecule has 25 heavy (non-hydrogen) atoms. The lowest BCUT2D eigenvalue weighted by Gasteiger charge is -2.34. The van der Waals surface area contributed by atoms with Crippen LogP contribution >= 0.6 is 12.4 Å². The van der Waals surface area contributed by atoms with Crippen LogP contribution in [0.25, 0.3) is 11.0 Å². The molecule has 140 valence electrons. The van der Waals surface area contributed by atoms with Crippen molar-refractivity contribution in [3.63, 3.8) is 0 Å². The van der Waals surface area contributed by atoms with E-state index in [0.29, 0.717) is 17.6 Å². The molecule has 3 rings (SSSR count). The van der Waals surface area contributed by atoms with E-state index < -0.39 is 10.0 Å². The summed E-state index contributed by atoms with van der Waals surface area (Å²) in [6, 6.07) is 4.79. The molecule has 0 bridgehead atoms. The quantitative estimate of drug-likeness (QED) is 0.817. The number of nitrogens with zero attached hydrogens (tertiary/aromatic N) is 2. The molecule has 0 unspecified atom stereocenters. The monoisotopic (exact) mass is 388 g/mol. The van der Waals surface area contributed by atoms with Gasteiger partial charge in [-0.05, 0) is 49.5 Å². The smallest absolute Gasteiger partial charge is 0.317 e. The number of benzene rings is 1. The molecule has 1 aliphatic rings. The van der Waals surface area contributed by atoms with Crippen molar-refractivity contribution in [2.24, 2.45) is 19.5 Å². The van der Waals surface area contributed by atoms with Crippen molar-refractivity contribution in [1.82, 2.24) is 19.2 Å². The first kappa shape index (κ1) is 20.0. The number of nitrogens with one attached hydrogen (secondary N) is 2. The zero-order valence-corrected chi connectivity index (χ0v) is 16.3. The van der Waals surface area contributed by atoms with Crippen LogP contribution in [0.2, 0.25) is 0 Å². The first-order chi connectivity index (χ1) is 11.2. The summed E-state index contributed by atoms with van der Waals surface area (Å²) in [5.74, 6) is 0. The van der Waals surface area contributed by atoms with Gasteiger partial charge in [0.15, 0.2) is 0 Å². The molecule has 0 saturated carbocycles. The molecule has 2 heterocycles. The summed E-state index contributed by atoms with van der Waals surface area (Å²) in [6.45, 7) is 4.36. The Labute approximate surface area is 153 Å². The van der Waals surface area contributed by atoms with Crippen molar-refractivity contribution in [3.8, 4) is 0 Å². The normalized spacial score (nSPS) is 17.4. The molecule has 0 atom stereocenters. The minimum absolute atomic E-state index is 0. The Bertz CT molecular complexity index is 927. The van der Waals surface area contributed by atoms with E-state index in [4.69, 9.17) is 0 Å². The van der Waals surface area contributed by atoms with Crippen molar-refractivity contribution in [2.45, 2.75) is 24.7 Å². The Morgan fingerprint density at radius 3 is 2.40 bits per heavy atom. The average molecular weight is 389 g/mol. The summed E-state index contributed by atoms with van der Waals surface area (Å²) in [5, 5.41) is 3.29. The maximum Gasteiger partial charge on any atom is 0.328 e. The van der Waals surface area contributed by atoms with Gasteiger partial charge >= 0.3 is 5.69 Å². The molecule has 2 N–H and O–H groups in total. The van der Waals surface area contributed by atoms with Gasteiger partial charge in [0.25, 0.3) is 0 Å². The fourth-order valence-electron chi connectivity index (χ4n) is 3.21. The van der Waals surface area contributed by atoms with Gasteiger partial charge in [0, 0.05) is 20.6 Å². The van der Waals surface area contributed by atoms with Gasteiger partial charge in [0.2, 0.25) is 10.0 Å². The third kappa shape index (κ3) is 3.76. The fraction of sp³-hybridized carbons (Fsp3) is 0.562. The molecule has 2 aromatic rings. The van der Waals surface area contributed by atoms with Gasteiger partial charge in [0.1, 0.15) is 0 Å². The Kier molecular flexibility index (Phi) is 5.68. The number of halogens is 1. The summed E-state index contributed by atoms with van der Waals surface area (Å²) in [5.41, 5.74) is 1.13. The molecular weight excluding hydrogens is 364 g/mol. The van der Waals surface area contributed by atoms with Crippen LogP contribution in [0.3, 0.4) is 0 Å². The van der Waals surface area contributed by atoms with Gasteiger partial charge < -0.3 is 5.32 Å². The Morgan fingerprint density at radius 2 is 1.76 bits per heavy atom. The second kappa shape index (κ2) is 7.11. The number of hydrogen-bond donors (Lipinski definition) is 2. The van der Waals surface area contributed by atoms with E-state index in [2.05, 4.69) is 17.0 Å². The lowest BCUT2D eigenvalue weighted by atomic mass is 9.81.